The molecule has 3 N–H and O–H groups in total. The van der Waals surface area contributed by atoms with Gasteiger partial charge in [0.15, 0.2) is 0 Å². The fourth-order valence-corrected chi connectivity index (χ4v) is 1.80. The fraction of sp³-hybridized carbons (Fsp3) is 0.500. The Morgan fingerprint density at radius 1 is 1.42 bits per heavy atom. The van der Waals surface area contributed by atoms with Crippen molar-refractivity contribution in [2.45, 2.75) is 20.0 Å². The van der Waals surface area contributed by atoms with Gasteiger partial charge in [-0.25, -0.2) is 4.39 Å². The summed E-state index contributed by atoms with van der Waals surface area (Å²) in [5, 5.41) is 15.5. The first-order valence-corrected chi connectivity index (χ1v) is 6.24. The van der Waals surface area contributed by atoms with E-state index in [2.05, 4.69) is 10.6 Å². The molecule has 0 aromatic heterocycles. The standard InChI is InChI=1S/C14H21FN2O2/c1-14(2,13(19)16-3)9-17-8-12(18)10-6-4-5-7-11(10)15/h4-7,12,17-18H,8-9H2,1-3H3,(H,16,19). The highest BCUT2D eigenvalue weighted by atomic mass is 19.1. The Morgan fingerprint density at radius 2 is 2.05 bits per heavy atom. The zero-order valence-electron chi connectivity index (χ0n) is 11.5. The summed E-state index contributed by atoms with van der Waals surface area (Å²) in [5.74, 6) is -0.511. The number of hydrogen-bond donors (Lipinski definition) is 3. The molecule has 0 fully saturated rings. The van der Waals surface area contributed by atoms with Gasteiger partial charge in [0, 0.05) is 25.7 Å². The molecule has 0 saturated carbocycles. The van der Waals surface area contributed by atoms with E-state index in [9.17, 15) is 14.3 Å². The molecule has 1 unspecified atom stereocenters. The maximum atomic E-state index is 13.4. The molecule has 0 spiro atoms. The molecule has 0 aliphatic heterocycles. The first-order chi connectivity index (χ1) is 8.88. The molecule has 1 rings (SSSR count). The van der Waals surface area contributed by atoms with E-state index < -0.39 is 17.3 Å². The number of benzene rings is 1. The summed E-state index contributed by atoms with van der Waals surface area (Å²) in [4.78, 5) is 11.6. The first kappa shape index (κ1) is 15.6. The van der Waals surface area contributed by atoms with Gasteiger partial charge in [0.05, 0.1) is 11.5 Å². The van der Waals surface area contributed by atoms with E-state index in [1.165, 1.54) is 6.07 Å². The Hall–Kier alpha value is -1.46. The molecule has 0 saturated heterocycles. The van der Waals surface area contributed by atoms with Gasteiger partial charge in [-0.15, -0.1) is 0 Å². The number of hydrogen-bond acceptors (Lipinski definition) is 3. The van der Waals surface area contributed by atoms with Crippen molar-refractivity contribution in [3.63, 3.8) is 0 Å². The van der Waals surface area contributed by atoms with Crippen LogP contribution in [0.15, 0.2) is 24.3 Å². The molecule has 5 heteroatoms. The number of aliphatic hydroxyl groups excluding tert-OH is 1. The summed E-state index contributed by atoms with van der Waals surface area (Å²) in [7, 11) is 1.58. The Balaban J connectivity index is 2.50. The summed E-state index contributed by atoms with van der Waals surface area (Å²) in [6, 6.07) is 6.11. The second-order valence-electron chi connectivity index (χ2n) is 5.13. The monoisotopic (exact) mass is 268 g/mol. The molecule has 0 bridgehead atoms. The lowest BCUT2D eigenvalue weighted by Crippen LogP contribution is -2.42. The van der Waals surface area contributed by atoms with Crippen molar-refractivity contribution >= 4 is 5.91 Å². The van der Waals surface area contributed by atoms with E-state index in [-0.39, 0.29) is 18.0 Å². The van der Waals surface area contributed by atoms with E-state index in [1.807, 2.05) is 0 Å². The minimum absolute atomic E-state index is 0.0830. The SMILES string of the molecule is CNC(=O)C(C)(C)CNCC(O)c1ccccc1F. The van der Waals surface area contributed by atoms with Gasteiger partial charge in [-0.05, 0) is 19.9 Å². The molecule has 1 aromatic rings. The molecule has 106 valence electrons. The topological polar surface area (TPSA) is 61.4 Å². The summed E-state index contributed by atoms with van der Waals surface area (Å²) < 4.78 is 13.4. The second kappa shape index (κ2) is 6.63. The highest BCUT2D eigenvalue weighted by molar-refractivity contribution is 5.81. The summed E-state index contributed by atoms with van der Waals surface area (Å²) in [6.07, 6.45) is -0.929. The van der Waals surface area contributed by atoms with Crippen molar-refractivity contribution in [1.29, 1.82) is 0 Å². The number of amides is 1. The molecule has 4 nitrogen and oxygen atoms in total. The van der Waals surface area contributed by atoms with Crippen LogP contribution in [-0.2, 0) is 4.79 Å². The van der Waals surface area contributed by atoms with E-state index in [4.69, 9.17) is 0 Å². The Bertz CT molecular complexity index is 435. The molecule has 0 aliphatic rings. The molecule has 1 amide bonds. The summed E-state index contributed by atoms with van der Waals surface area (Å²) in [6.45, 7) is 4.20. The van der Waals surface area contributed by atoms with E-state index >= 15 is 0 Å². The minimum atomic E-state index is -0.929. The van der Waals surface area contributed by atoms with Crippen LogP contribution in [0.3, 0.4) is 0 Å². The fourth-order valence-electron chi connectivity index (χ4n) is 1.80. The van der Waals surface area contributed by atoms with Crippen LogP contribution in [0.2, 0.25) is 0 Å². The molecule has 1 aromatic carbocycles. The normalized spacial score (nSPS) is 13.1. The van der Waals surface area contributed by atoms with Crippen molar-refractivity contribution in [2.24, 2.45) is 5.41 Å². The van der Waals surface area contributed by atoms with Crippen molar-refractivity contribution < 1.29 is 14.3 Å². The van der Waals surface area contributed by atoms with Crippen LogP contribution in [0.25, 0.3) is 0 Å². The lowest BCUT2D eigenvalue weighted by atomic mass is 9.92. The third kappa shape index (κ3) is 4.29. The molecule has 1 atom stereocenters. The van der Waals surface area contributed by atoms with Gasteiger partial charge in [-0.1, -0.05) is 18.2 Å². The number of carbonyl (C=O) groups excluding carboxylic acids is 1. The lowest BCUT2D eigenvalue weighted by Gasteiger charge is -2.24. The zero-order chi connectivity index (χ0) is 14.5. The number of halogens is 1. The maximum absolute atomic E-state index is 13.4. The van der Waals surface area contributed by atoms with Crippen LogP contribution in [-0.4, -0.2) is 31.2 Å². The van der Waals surface area contributed by atoms with Gasteiger partial charge in [0.1, 0.15) is 5.82 Å². The molecule has 0 aliphatic carbocycles. The van der Waals surface area contributed by atoms with Crippen molar-refractivity contribution in [2.75, 3.05) is 20.1 Å². The van der Waals surface area contributed by atoms with Crippen LogP contribution < -0.4 is 10.6 Å². The van der Waals surface area contributed by atoms with Gasteiger partial charge >= 0.3 is 0 Å². The Kier molecular flexibility index (Phi) is 5.44. The highest BCUT2D eigenvalue weighted by Crippen LogP contribution is 2.17. The van der Waals surface area contributed by atoms with Gasteiger partial charge in [-0.3, -0.25) is 4.79 Å². The molecular formula is C14H21FN2O2. The predicted octanol–water partition coefficient (Wildman–Crippen LogP) is 1.22. The summed E-state index contributed by atoms with van der Waals surface area (Å²) >= 11 is 0. The van der Waals surface area contributed by atoms with E-state index in [0.717, 1.165) is 0 Å². The lowest BCUT2D eigenvalue weighted by molar-refractivity contribution is -0.128. The number of carbonyl (C=O) groups is 1. The summed E-state index contributed by atoms with van der Waals surface area (Å²) in [5.41, 5.74) is -0.322. The Morgan fingerprint density at radius 3 is 2.63 bits per heavy atom. The zero-order valence-corrected chi connectivity index (χ0v) is 11.5. The van der Waals surface area contributed by atoms with Crippen molar-refractivity contribution in [1.82, 2.24) is 10.6 Å². The third-order valence-corrected chi connectivity index (χ3v) is 3.01. The average Bonchev–Trinajstić information content (AvgIpc) is 2.37. The van der Waals surface area contributed by atoms with Crippen LogP contribution >= 0.6 is 0 Å². The molecule has 19 heavy (non-hydrogen) atoms. The van der Waals surface area contributed by atoms with Gasteiger partial charge < -0.3 is 15.7 Å². The quantitative estimate of drug-likeness (QED) is 0.727. The van der Waals surface area contributed by atoms with Gasteiger partial charge in [-0.2, -0.15) is 0 Å². The minimum Gasteiger partial charge on any atom is -0.387 e. The second-order valence-corrected chi connectivity index (χ2v) is 5.13. The third-order valence-electron chi connectivity index (χ3n) is 3.01. The Labute approximate surface area is 113 Å². The van der Waals surface area contributed by atoms with Crippen LogP contribution in [0, 0.1) is 11.2 Å². The largest absolute Gasteiger partial charge is 0.387 e. The number of aliphatic hydroxyl groups is 1. The van der Waals surface area contributed by atoms with Gasteiger partial charge in [0.25, 0.3) is 0 Å². The molecule has 0 radical (unpaired) electrons. The number of nitrogens with one attached hydrogen (secondary N) is 2. The van der Waals surface area contributed by atoms with Crippen LogP contribution in [0.5, 0.6) is 0 Å². The smallest absolute Gasteiger partial charge is 0.226 e. The predicted molar refractivity (Wildman–Crippen MR) is 72.1 cm³/mol. The van der Waals surface area contributed by atoms with Crippen LogP contribution in [0.4, 0.5) is 4.39 Å². The van der Waals surface area contributed by atoms with Crippen LogP contribution in [0.1, 0.15) is 25.5 Å². The molecule has 0 heterocycles. The van der Waals surface area contributed by atoms with E-state index in [0.29, 0.717) is 6.54 Å². The number of rotatable bonds is 6. The van der Waals surface area contributed by atoms with Crippen molar-refractivity contribution in [3.8, 4) is 0 Å². The average molecular weight is 268 g/mol. The van der Waals surface area contributed by atoms with Crippen molar-refractivity contribution in [3.05, 3.63) is 35.6 Å². The maximum Gasteiger partial charge on any atom is 0.226 e. The van der Waals surface area contributed by atoms with E-state index in [1.54, 1.807) is 39.1 Å². The highest BCUT2D eigenvalue weighted by Gasteiger charge is 2.26. The first-order valence-electron chi connectivity index (χ1n) is 6.24. The van der Waals surface area contributed by atoms with Gasteiger partial charge in [0.2, 0.25) is 5.91 Å². The molecular weight excluding hydrogens is 247 g/mol.